The number of aromatic nitrogens is 2. The lowest BCUT2D eigenvalue weighted by molar-refractivity contribution is 0.229. The molecule has 0 amide bonds. The largest absolute Gasteiger partial charge is 0.396 e. The van der Waals surface area contributed by atoms with Crippen molar-refractivity contribution in [3.05, 3.63) is 95.4 Å². The Kier molecular flexibility index (Phi) is 8.27. The zero-order valence-corrected chi connectivity index (χ0v) is 20.7. The van der Waals surface area contributed by atoms with Crippen LogP contribution in [0.1, 0.15) is 48.1 Å². The molecular formula is C29H35N5O. The Labute approximate surface area is 208 Å². The van der Waals surface area contributed by atoms with Crippen molar-refractivity contribution in [2.45, 2.75) is 52.1 Å². The predicted molar refractivity (Wildman–Crippen MR) is 145 cm³/mol. The minimum Gasteiger partial charge on any atom is -0.396 e. The first kappa shape index (κ1) is 24.6. The number of hydrogen-bond donors (Lipinski definition) is 3. The molecule has 2 heterocycles. The molecule has 1 aromatic carbocycles. The lowest BCUT2D eigenvalue weighted by Gasteiger charge is -2.20. The Morgan fingerprint density at radius 3 is 2.69 bits per heavy atom. The summed E-state index contributed by atoms with van der Waals surface area (Å²) in [7, 11) is 0. The van der Waals surface area contributed by atoms with Crippen molar-refractivity contribution in [2.24, 2.45) is 10.9 Å². The van der Waals surface area contributed by atoms with Gasteiger partial charge in [-0.2, -0.15) is 4.98 Å². The quantitative estimate of drug-likeness (QED) is 0.413. The molecule has 3 N–H and O–H groups in total. The Morgan fingerprint density at radius 2 is 1.94 bits per heavy atom. The molecule has 1 fully saturated rings. The van der Waals surface area contributed by atoms with Crippen LogP contribution in [0.15, 0.2) is 78.0 Å². The molecule has 0 spiro atoms. The van der Waals surface area contributed by atoms with Gasteiger partial charge in [0.15, 0.2) is 0 Å². The van der Waals surface area contributed by atoms with E-state index in [4.69, 9.17) is 15.0 Å². The highest BCUT2D eigenvalue weighted by atomic mass is 16.3. The van der Waals surface area contributed by atoms with Crippen LogP contribution < -0.4 is 10.6 Å². The molecule has 35 heavy (non-hydrogen) atoms. The van der Waals surface area contributed by atoms with Gasteiger partial charge in [0.2, 0.25) is 5.95 Å². The van der Waals surface area contributed by atoms with Gasteiger partial charge in [-0.3, -0.25) is 4.99 Å². The maximum absolute atomic E-state index is 9.60. The smallest absolute Gasteiger partial charge is 0.225 e. The van der Waals surface area contributed by atoms with Crippen LogP contribution in [-0.2, 0) is 6.54 Å². The maximum Gasteiger partial charge on any atom is 0.225 e. The fraction of sp³-hybridized carbons (Fsp3) is 0.345. The summed E-state index contributed by atoms with van der Waals surface area (Å²) < 4.78 is 0. The van der Waals surface area contributed by atoms with Crippen LogP contribution in [0.4, 0.5) is 11.8 Å². The van der Waals surface area contributed by atoms with Gasteiger partial charge in [0.1, 0.15) is 5.82 Å². The normalized spacial score (nSPS) is 20.9. The van der Waals surface area contributed by atoms with E-state index >= 15 is 0 Å². The topological polar surface area (TPSA) is 82.4 Å². The number of nitrogens with zero attached hydrogens (tertiary/aromatic N) is 3. The summed E-state index contributed by atoms with van der Waals surface area (Å²) in [5.74, 6) is 1.73. The van der Waals surface area contributed by atoms with Crippen molar-refractivity contribution < 1.29 is 5.11 Å². The standard InChI is InChI=1S/C29H35N5O/c1-4-5-6-8-24-9-7-10-26(32-24)27-21(3)31-29(30-18-22-13-11-20(2)12-14-22)34-28(27)33-25-16-15-23(17-25)19-35/h4-8,10-14,23,25,35H,1,9,15-19H2,2-3H3,(H2,30,31,33,34)/b6-5-,24-8+. The monoisotopic (exact) mass is 469 g/mol. The van der Waals surface area contributed by atoms with Crippen molar-refractivity contribution in [1.29, 1.82) is 0 Å². The van der Waals surface area contributed by atoms with E-state index in [1.165, 1.54) is 11.1 Å². The van der Waals surface area contributed by atoms with E-state index < -0.39 is 0 Å². The first-order valence-electron chi connectivity index (χ1n) is 12.3. The highest BCUT2D eigenvalue weighted by molar-refractivity contribution is 6.13. The number of hydrogen-bond acceptors (Lipinski definition) is 6. The number of rotatable bonds is 9. The van der Waals surface area contributed by atoms with Gasteiger partial charge in [0.25, 0.3) is 0 Å². The number of benzene rings is 1. The van der Waals surface area contributed by atoms with Gasteiger partial charge in [0, 0.05) is 31.3 Å². The average molecular weight is 470 g/mol. The molecule has 0 radical (unpaired) electrons. The molecular weight excluding hydrogens is 434 g/mol. The van der Waals surface area contributed by atoms with Crippen molar-refractivity contribution in [3.8, 4) is 0 Å². The molecule has 2 unspecified atom stereocenters. The van der Waals surface area contributed by atoms with Crippen LogP contribution in [0.2, 0.25) is 0 Å². The minimum atomic E-state index is 0.235. The van der Waals surface area contributed by atoms with Crippen molar-refractivity contribution in [1.82, 2.24) is 9.97 Å². The number of dihydropyridines is 1. The van der Waals surface area contributed by atoms with E-state index in [0.717, 1.165) is 54.2 Å². The van der Waals surface area contributed by atoms with Crippen molar-refractivity contribution in [3.63, 3.8) is 0 Å². The SMILES string of the molecule is C=C/C=C\C=C1/CC=CC(c2c(C)nc(NCc3ccc(C)cc3)nc2NC2CCC(CO)C2)=N1. The minimum absolute atomic E-state index is 0.235. The molecule has 0 bridgehead atoms. The molecule has 0 saturated heterocycles. The summed E-state index contributed by atoms with van der Waals surface area (Å²) in [5, 5.41) is 16.7. The maximum atomic E-state index is 9.60. The fourth-order valence-electron chi connectivity index (χ4n) is 4.53. The molecule has 6 heteroatoms. The van der Waals surface area contributed by atoms with Crippen LogP contribution >= 0.6 is 0 Å². The van der Waals surface area contributed by atoms with Gasteiger partial charge in [-0.05, 0) is 56.7 Å². The first-order valence-corrected chi connectivity index (χ1v) is 12.3. The molecule has 182 valence electrons. The molecule has 2 aromatic rings. The van der Waals surface area contributed by atoms with Gasteiger partial charge < -0.3 is 15.7 Å². The van der Waals surface area contributed by atoms with E-state index in [2.05, 4.69) is 60.6 Å². The molecule has 6 nitrogen and oxygen atoms in total. The zero-order chi connectivity index (χ0) is 24.6. The molecule has 1 aromatic heterocycles. The highest BCUT2D eigenvalue weighted by Crippen LogP contribution is 2.30. The van der Waals surface area contributed by atoms with Crippen LogP contribution in [0.25, 0.3) is 0 Å². The number of allylic oxidation sites excluding steroid dienone is 6. The predicted octanol–water partition coefficient (Wildman–Crippen LogP) is 5.65. The fourth-order valence-corrected chi connectivity index (χ4v) is 4.53. The van der Waals surface area contributed by atoms with E-state index in [0.29, 0.717) is 18.4 Å². The average Bonchev–Trinajstić information content (AvgIpc) is 3.31. The number of nitrogens with one attached hydrogen (secondary N) is 2. The number of aliphatic hydroxyl groups excluding tert-OH is 1. The third-order valence-electron chi connectivity index (χ3n) is 6.46. The lowest BCUT2D eigenvalue weighted by Crippen LogP contribution is -2.22. The number of aliphatic hydroxyl groups is 1. The summed E-state index contributed by atoms with van der Waals surface area (Å²) in [6.45, 7) is 8.71. The summed E-state index contributed by atoms with van der Waals surface area (Å²) >= 11 is 0. The van der Waals surface area contributed by atoms with E-state index in [-0.39, 0.29) is 12.6 Å². The summed E-state index contributed by atoms with van der Waals surface area (Å²) in [6, 6.07) is 8.72. The van der Waals surface area contributed by atoms with Crippen LogP contribution in [0.3, 0.4) is 0 Å². The van der Waals surface area contributed by atoms with Crippen LogP contribution in [-0.4, -0.2) is 33.4 Å². The van der Waals surface area contributed by atoms with Gasteiger partial charge in [-0.1, -0.05) is 60.7 Å². The first-order chi connectivity index (χ1) is 17.1. The van der Waals surface area contributed by atoms with Gasteiger partial charge in [-0.15, -0.1) is 0 Å². The van der Waals surface area contributed by atoms with Crippen molar-refractivity contribution in [2.75, 3.05) is 17.2 Å². The number of aliphatic imine (C=N–C) groups is 1. The van der Waals surface area contributed by atoms with E-state index in [1.807, 2.05) is 25.2 Å². The third-order valence-corrected chi connectivity index (χ3v) is 6.46. The Bertz CT molecular complexity index is 1160. The summed E-state index contributed by atoms with van der Waals surface area (Å²) in [5.41, 5.74) is 6.05. The van der Waals surface area contributed by atoms with Gasteiger partial charge >= 0.3 is 0 Å². The molecule has 2 atom stereocenters. The second kappa shape index (κ2) is 11.8. The summed E-state index contributed by atoms with van der Waals surface area (Å²) in [4.78, 5) is 14.6. The number of anilines is 2. The Morgan fingerprint density at radius 1 is 1.11 bits per heavy atom. The Balaban J connectivity index is 1.64. The molecule has 1 aliphatic carbocycles. The second-order valence-corrected chi connectivity index (χ2v) is 9.28. The summed E-state index contributed by atoms with van der Waals surface area (Å²) in [6.07, 6.45) is 15.5. The van der Waals surface area contributed by atoms with Gasteiger partial charge in [0.05, 0.1) is 17.0 Å². The lowest BCUT2D eigenvalue weighted by atomic mass is 10.0. The zero-order valence-electron chi connectivity index (χ0n) is 20.7. The van der Waals surface area contributed by atoms with E-state index in [1.54, 1.807) is 6.08 Å². The molecule has 2 aliphatic rings. The molecule has 1 aliphatic heterocycles. The van der Waals surface area contributed by atoms with Crippen LogP contribution in [0, 0.1) is 19.8 Å². The Hall–Kier alpha value is -3.51. The van der Waals surface area contributed by atoms with Crippen molar-refractivity contribution >= 4 is 17.5 Å². The van der Waals surface area contributed by atoms with E-state index in [9.17, 15) is 5.11 Å². The highest BCUT2D eigenvalue weighted by Gasteiger charge is 2.26. The third kappa shape index (κ3) is 6.55. The second-order valence-electron chi connectivity index (χ2n) is 9.28. The van der Waals surface area contributed by atoms with Gasteiger partial charge in [-0.25, -0.2) is 4.98 Å². The molecule has 4 rings (SSSR count). The number of aryl methyl sites for hydroxylation is 2. The van der Waals surface area contributed by atoms with Crippen LogP contribution in [0.5, 0.6) is 0 Å². The molecule has 1 saturated carbocycles.